The summed E-state index contributed by atoms with van der Waals surface area (Å²) in [7, 11) is 1.64. The van der Waals surface area contributed by atoms with E-state index in [1.54, 1.807) is 7.11 Å². The number of halogens is 2. The minimum Gasteiger partial charge on any atom is -0.385 e. The normalized spacial score (nSPS) is 10.5. The highest BCUT2D eigenvalue weighted by Crippen LogP contribution is 1.91. The summed E-state index contributed by atoms with van der Waals surface area (Å²) >= 11 is 4.94. The van der Waals surface area contributed by atoms with Crippen LogP contribution in [0.5, 0.6) is 0 Å². The van der Waals surface area contributed by atoms with Gasteiger partial charge in [-0.15, -0.1) is 0 Å². The van der Waals surface area contributed by atoms with E-state index in [9.17, 15) is 8.78 Å². The quantitative estimate of drug-likeness (QED) is 0.471. The Balaban J connectivity index is 3.17. The van der Waals surface area contributed by atoms with Gasteiger partial charge in [-0.25, -0.2) is 8.78 Å². The van der Waals surface area contributed by atoms with Gasteiger partial charge in [-0.2, -0.15) is 0 Å². The molecule has 0 spiro atoms. The van der Waals surface area contributed by atoms with E-state index >= 15 is 0 Å². The van der Waals surface area contributed by atoms with E-state index in [1.807, 2.05) is 0 Å². The van der Waals surface area contributed by atoms with Gasteiger partial charge in [0.1, 0.15) is 6.61 Å². The summed E-state index contributed by atoms with van der Waals surface area (Å²) in [6.07, 6.45) is -1.56. The van der Waals surface area contributed by atoms with Crippen LogP contribution in [0, 0.1) is 0 Å². The maximum absolute atomic E-state index is 11.7. The molecule has 0 aliphatic rings. The molecular formula is C9H18F2N2O2S. The molecule has 0 saturated carbocycles. The van der Waals surface area contributed by atoms with Crippen LogP contribution in [0.2, 0.25) is 0 Å². The van der Waals surface area contributed by atoms with Crippen LogP contribution in [0.3, 0.4) is 0 Å². The minimum atomic E-state index is -2.42. The van der Waals surface area contributed by atoms with Crippen molar-refractivity contribution in [1.29, 1.82) is 0 Å². The fourth-order valence-electron chi connectivity index (χ4n) is 0.890. The zero-order valence-corrected chi connectivity index (χ0v) is 10.1. The first kappa shape index (κ1) is 15.5. The molecule has 7 heteroatoms. The number of thiocarbonyl (C=S) groups is 1. The van der Waals surface area contributed by atoms with E-state index in [1.165, 1.54) is 0 Å². The fourth-order valence-corrected chi connectivity index (χ4v) is 1.09. The van der Waals surface area contributed by atoms with Crippen molar-refractivity contribution < 1.29 is 18.3 Å². The Morgan fingerprint density at radius 2 is 1.94 bits per heavy atom. The molecule has 0 aliphatic heterocycles. The molecule has 0 unspecified atom stereocenters. The first-order valence-corrected chi connectivity index (χ1v) is 5.44. The van der Waals surface area contributed by atoms with E-state index in [4.69, 9.17) is 17.0 Å². The maximum atomic E-state index is 11.7. The molecule has 0 bridgehead atoms. The Labute approximate surface area is 99.7 Å². The smallest absolute Gasteiger partial charge is 0.261 e. The molecule has 0 aromatic heterocycles. The van der Waals surface area contributed by atoms with Gasteiger partial charge in [-0.1, -0.05) is 0 Å². The Bertz CT molecular complexity index is 185. The second kappa shape index (κ2) is 11.0. The molecule has 0 aliphatic carbocycles. The number of hydrogen-bond acceptors (Lipinski definition) is 3. The van der Waals surface area contributed by atoms with Crippen molar-refractivity contribution in [3.63, 3.8) is 0 Å². The summed E-state index contributed by atoms with van der Waals surface area (Å²) in [6, 6.07) is 0. The molecule has 4 nitrogen and oxygen atoms in total. The lowest BCUT2D eigenvalue weighted by molar-refractivity contribution is 0.0197. The molecule has 0 aromatic carbocycles. The van der Waals surface area contributed by atoms with Crippen molar-refractivity contribution >= 4 is 17.3 Å². The highest BCUT2D eigenvalue weighted by molar-refractivity contribution is 7.80. The summed E-state index contributed by atoms with van der Waals surface area (Å²) in [4.78, 5) is 0. The third-order valence-corrected chi connectivity index (χ3v) is 1.88. The van der Waals surface area contributed by atoms with Crippen LogP contribution in [-0.4, -0.2) is 51.6 Å². The van der Waals surface area contributed by atoms with Gasteiger partial charge >= 0.3 is 0 Å². The zero-order valence-electron chi connectivity index (χ0n) is 9.30. The van der Waals surface area contributed by atoms with Crippen LogP contribution in [-0.2, 0) is 9.47 Å². The van der Waals surface area contributed by atoms with Crippen LogP contribution >= 0.6 is 12.2 Å². The maximum Gasteiger partial charge on any atom is 0.261 e. The lowest BCUT2D eigenvalue weighted by Gasteiger charge is -2.10. The van der Waals surface area contributed by atoms with E-state index in [-0.39, 0.29) is 6.61 Å². The van der Waals surface area contributed by atoms with Crippen molar-refractivity contribution in [3.8, 4) is 0 Å². The van der Waals surface area contributed by atoms with E-state index in [0.29, 0.717) is 18.3 Å². The number of nitrogens with one attached hydrogen (secondary N) is 2. The van der Waals surface area contributed by atoms with Crippen molar-refractivity contribution in [2.24, 2.45) is 0 Å². The highest BCUT2D eigenvalue weighted by atomic mass is 32.1. The van der Waals surface area contributed by atoms with E-state index in [0.717, 1.165) is 13.0 Å². The van der Waals surface area contributed by atoms with Gasteiger partial charge in [0.15, 0.2) is 5.11 Å². The van der Waals surface area contributed by atoms with Crippen molar-refractivity contribution in [2.75, 3.05) is 40.0 Å². The van der Waals surface area contributed by atoms with Gasteiger partial charge in [0, 0.05) is 26.8 Å². The highest BCUT2D eigenvalue weighted by Gasteiger charge is 2.01. The minimum absolute atomic E-state index is 0.213. The first-order chi connectivity index (χ1) is 7.66. The standard InChI is InChI=1S/C9H18F2N2O2S/c1-14-5-2-3-12-9(16)13-4-6-15-7-8(10)11/h8H,2-7H2,1H3,(H2,12,13,16). The van der Waals surface area contributed by atoms with Crippen LogP contribution in [0.25, 0.3) is 0 Å². The topological polar surface area (TPSA) is 42.5 Å². The molecule has 0 heterocycles. The number of hydrogen-bond donors (Lipinski definition) is 2. The predicted molar refractivity (Wildman–Crippen MR) is 61.9 cm³/mol. The zero-order chi connectivity index (χ0) is 12.2. The van der Waals surface area contributed by atoms with Crippen molar-refractivity contribution in [2.45, 2.75) is 12.8 Å². The molecule has 0 amide bonds. The van der Waals surface area contributed by atoms with Crippen LogP contribution in [0.4, 0.5) is 8.78 Å². The Kier molecular flexibility index (Phi) is 10.6. The Morgan fingerprint density at radius 1 is 1.25 bits per heavy atom. The summed E-state index contributed by atoms with van der Waals surface area (Å²) in [6.45, 7) is 1.49. The molecule has 0 aromatic rings. The molecule has 0 saturated heterocycles. The Morgan fingerprint density at radius 3 is 2.56 bits per heavy atom. The summed E-state index contributed by atoms with van der Waals surface area (Å²) in [5.41, 5.74) is 0. The average Bonchev–Trinajstić information content (AvgIpc) is 2.23. The van der Waals surface area contributed by atoms with Crippen LogP contribution in [0.1, 0.15) is 6.42 Å². The molecule has 96 valence electrons. The van der Waals surface area contributed by atoms with E-state index < -0.39 is 13.0 Å². The monoisotopic (exact) mass is 256 g/mol. The summed E-state index contributed by atoms with van der Waals surface area (Å²) in [5.74, 6) is 0. The third-order valence-electron chi connectivity index (χ3n) is 1.59. The van der Waals surface area contributed by atoms with Crippen molar-refractivity contribution in [1.82, 2.24) is 10.6 Å². The number of methoxy groups -OCH3 is 1. The first-order valence-electron chi connectivity index (χ1n) is 5.03. The predicted octanol–water partition coefficient (Wildman–Crippen LogP) is 0.769. The van der Waals surface area contributed by atoms with Gasteiger partial charge < -0.3 is 20.1 Å². The number of ether oxygens (including phenoxy) is 2. The van der Waals surface area contributed by atoms with Gasteiger partial charge in [-0.05, 0) is 18.6 Å². The SMILES string of the molecule is COCCCNC(=S)NCCOCC(F)F. The number of alkyl halides is 2. The van der Waals surface area contributed by atoms with Gasteiger partial charge in [-0.3, -0.25) is 0 Å². The van der Waals surface area contributed by atoms with Crippen molar-refractivity contribution in [3.05, 3.63) is 0 Å². The van der Waals surface area contributed by atoms with Crippen LogP contribution < -0.4 is 10.6 Å². The Hall–Kier alpha value is -0.530. The number of rotatable bonds is 9. The molecular weight excluding hydrogens is 238 g/mol. The van der Waals surface area contributed by atoms with Gasteiger partial charge in [0.05, 0.1) is 6.61 Å². The molecule has 16 heavy (non-hydrogen) atoms. The molecule has 2 N–H and O–H groups in total. The molecule has 0 fully saturated rings. The average molecular weight is 256 g/mol. The lowest BCUT2D eigenvalue weighted by atomic mass is 10.4. The van der Waals surface area contributed by atoms with Gasteiger partial charge in [0.25, 0.3) is 6.43 Å². The fraction of sp³-hybridized carbons (Fsp3) is 0.889. The second-order valence-electron chi connectivity index (χ2n) is 3.00. The third kappa shape index (κ3) is 11.5. The summed E-state index contributed by atoms with van der Waals surface area (Å²) in [5, 5.41) is 6.29. The molecule has 0 radical (unpaired) electrons. The molecule has 0 atom stereocenters. The van der Waals surface area contributed by atoms with Crippen LogP contribution in [0.15, 0.2) is 0 Å². The molecule has 0 rings (SSSR count). The second-order valence-corrected chi connectivity index (χ2v) is 3.40. The van der Waals surface area contributed by atoms with E-state index in [2.05, 4.69) is 15.4 Å². The van der Waals surface area contributed by atoms with Gasteiger partial charge in [0.2, 0.25) is 0 Å². The largest absolute Gasteiger partial charge is 0.385 e. The lowest BCUT2D eigenvalue weighted by Crippen LogP contribution is -2.37. The summed E-state index contributed by atoms with van der Waals surface area (Å²) < 4.78 is 32.9.